The van der Waals surface area contributed by atoms with Crippen LogP contribution >= 0.6 is 0 Å². The zero-order valence-corrected chi connectivity index (χ0v) is 17.8. The van der Waals surface area contributed by atoms with Gasteiger partial charge in [0.25, 0.3) is 0 Å². The van der Waals surface area contributed by atoms with Gasteiger partial charge in [0, 0.05) is 37.8 Å². The van der Waals surface area contributed by atoms with Gasteiger partial charge in [-0.15, -0.1) is 0 Å². The first-order chi connectivity index (χ1) is 15.1. The molecule has 1 saturated heterocycles. The highest BCUT2D eigenvalue weighted by molar-refractivity contribution is 5.92. The fraction of sp³-hybridized carbons (Fsp3) is 0.240. The fourth-order valence-corrected chi connectivity index (χ4v) is 3.66. The summed E-state index contributed by atoms with van der Waals surface area (Å²) in [7, 11) is 0. The number of amides is 1. The Labute approximate surface area is 182 Å². The maximum absolute atomic E-state index is 12.7. The van der Waals surface area contributed by atoms with Crippen LogP contribution in [0.3, 0.4) is 0 Å². The van der Waals surface area contributed by atoms with E-state index in [1.807, 2.05) is 78.6 Å². The molecule has 4 rings (SSSR count). The molecule has 1 unspecified atom stereocenters. The number of aromatic nitrogens is 2. The van der Waals surface area contributed by atoms with Crippen molar-refractivity contribution in [3.8, 4) is 11.6 Å². The van der Waals surface area contributed by atoms with Crippen molar-refractivity contribution in [3.63, 3.8) is 0 Å². The summed E-state index contributed by atoms with van der Waals surface area (Å²) in [5, 5.41) is 0. The Bertz CT molecular complexity index is 1070. The molecule has 2 heterocycles. The van der Waals surface area contributed by atoms with Crippen LogP contribution < -0.4 is 9.64 Å². The quantitative estimate of drug-likeness (QED) is 0.582. The SMILES string of the molecule is Cc1ccccc1Oc1cc(N2CCN(C(=O)C=Cc3ccccc3)C(C)C2)ncn1. The number of carbonyl (C=O) groups is 1. The van der Waals surface area contributed by atoms with Crippen molar-refractivity contribution < 1.29 is 9.53 Å². The predicted octanol–water partition coefficient (Wildman–Crippen LogP) is 4.33. The fourth-order valence-electron chi connectivity index (χ4n) is 3.66. The molecule has 1 aliphatic rings. The van der Waals surface area contributed by atoms with E-state index in [2.05, 4.69) is 21.8 Å². The Morgan fingerprint density at radius 2 is 1.84 bits per heavy atom. The van der Waals surface area contributed by atoms with Crippen molar-refractivity contribution in [1.82, 2.24) is 14.9 Å². The van der Waals surface area contributed by atoms with Crippen LogP contribution in [0.5, 0.6) is 11.6 Å². The Balaban J connectivity index is 1.40. The Hall–Kier alpha value is -3.67. The zero-order chi connectivity index (χ0) is 21.6. The summed E-state index contributed by atoms with van der Waals surface area (Å²) in [6.07, 6.45) is 5.04. The molecule has 1 amide bonds. The van der Waals surface area contributed by atoms with Crippen LogP contribution in [0, 0.1) is 6.92 Å². The van der Waals surface area contributed by atoms with E-state index in [-0.39, 0.29) is 11.9 Å². The predicted molar refractivity (Wildman–Crippen MR) is 122 cm³/mol. The van der Waals surface area contributed by atoms with Gasteiger partial charge >= 0.3 is 0 Å². The number of para-hydroxylation sites is 1. The van der Waals surface area contributed by atoms with E-state index in [0.29, 0.717) is 25.5 Å². The highest BCUT2D eigenvalue weighted by Crippen LogP contribution is 2.26. The molecule has 6 nitrogen and oxygen atoms in total. The van der Waals surface area contributed by atoms with Gasteiger partial charge in [-0.25, -0.2) is 9.97 Å². The second-order valence-corrected chi connectivity index (χ2v) is 7.65. The van der Waals surface area contributed by atoms with Gasteiger partial charge in [-0.05, 0) is 37.1 Å². The molecule has 0 aliphatic carbocycles. The van der Waals surface area contributed by atoms with Crippen LogP contribution in [0.1, 0.15) is 18.1 Å². The molecule has 0 N–H and O–H groups in total. The maximum atomic E-state index is 12.7. The molecule has 0 saturated carbocycles. The molecular weight excluding hydrogens is 388 g/mol. The normalized spacial score (nSPS) is 16.5. The van der Waals surface area contributed by atoms with Gasteiger partial charge in [0.15, 0.2) is 0 Å². The molecule has 2 aromatic carbocycles. The van der Waals surface area contributed by atoms with Crippen molar-refractivity contribution in [1.29, 1.82) is 0 Å². The topological polar surface area (TPSA) is 58.6 Å². The highest BCUT2D eigenvalue weighted by Gasteiger charge is 2.27. The van der Waals surface area contributed by atoms with Gasteiger partial charge in [-0.2, -0.15) is 0 Å². The third-order valence-corrected chi connectivity index (χ3v) is 5.39. The van der Waals surface area contributed by atoms with E-state index in [1.165, 1.54) is 6.33 Å². The number of nitrogens with zero attached hydrogens (tertiary/aromatic N) is 4. The lowest BCUT2D eigenvalue weighted by Crippen LogP contribution is -2.54. The number of ether oxygens (including phenoxy) is 1. The molecule has 6 heteroatoms. The summed E-state index contributed by atoms with van der Waals surface area (Å²) in [6.45, 7) is 6.10. The average molecular weight is 415 g/mol. The van der Waals surface area contributed by atoms with E-state index in [4.69, 9.17) is 4.74 Å². The average Bonchev–Trinajstić information content (AvgIpc) is 2.80. The molecule has 158 valence electrons. The van der Waals surface area contributed by atoms with E-state index >= 15 is 0 Å². The molecule has 1 aliphatic heterocycles. The number of benzene rings is 2. The molecule has 1 aromatic heterocycles. The monoisotopic (exact) mass is 414 g/mol. The number of hydrogen-bond donors (Lipinski definition) is 0. The van der Waals surface area contributed by atoms with E-state index in [9.17, 15) is 4.79 Å². The zero-order valence-electron chi connectivity index (χ0n) is 17.8. The first-order valence-electron chi connectivity index (χ1n) is 10.4. The minimum absolute atomic E-state index is 0.0299. The first kappa shape index (κ1) is 20.6. The van der Waals surface area contributed by atoms with Gasteiger partial charge in [-0.3, -0.25) is 4.79 Å². The van der Waals surface area contributed by atoms with Gasteiger partial charge in [0.2, 0.25) is 11.8 Å². The van der Waals surface area contributed by atoms with Crippen molar-refractivity contribution in [2.45, 2.75) is 19.9 Å². The number of rotatable bonds is 5. The van der Waals surface area contributed by atoms with Gasteiger partial charge in [-0.1, -0.05) is 48.5 Å². The van der Waals surface area contributed by atoms with Gasteiger partial charge in [0.1, 0.15) is 17.9 Å². The van der Waals surface area contributed by atoms with Crippen LogP contribution in [0.4, 0.5) is 5.82 Å². The Kier molecular flexibility index (Phi) is 6.26. The third-order valence-electron chi connectivity index (χ3n) is 5.39. The molecule has 1 fully saturated rings. The van der Waals surface area contributed by atoms with E-state index in [1.54, 1.807) is 6.08 Å². The van der Waals surface area contributed by atoms with Gasteiger partial charge < -0.3 is 14.5 Å². The summed E-state index contributed by atoms with van der Waals surface area (Å²) in [5.74, 6) is 2.12. The molecule has 0 spiro atoms. The van der Waals surface area contributed by atoms with Gasteiger partial charge in [0.05, 0.1) is 0 Å². The number of hydrogen-bond acceptors (Lipinski definition) is 5. The van der Waals surface area contributed by atoms with Crippen LogP contribution in [0.25, 0.3) is 6.08 Å². The summed E-state index contributed by atoms with van der Waals surface area (Å²) in [6, 6.07) is 19.6. The summed E-state index contributed by atoms with van der Waals surface area (Å²) in [5.41, 5.74) is 2.07. The van der Waals surface area contributed by atoms with Crippen molar-refractivity contribution in [3.05, 3.63) is 84.2 Å². The molecule has 0 radical (unpaired) electrons. The van der Waals surface area contributed by atoms with Crippen molar-refractivity contribution >= 4 is 17.8 Å². The lowest BCUT2D eigenvalue weighted by molar-refractivity contribution is -0.128. The number of aryl methyl sites for hydroxylation is 1. The number of piperazine rings is 1. The molecule has 3 aromatic rings. The van der Waals surface area contributed by atoms with Crippen LogP contribution in [-0.2, 0) is 4.79 Å². The standard InChI is InChI=1S/C25H26N4O2/c1-19-8-6-7-11-22(19)31-24-16-23(26-18-27-24)28-14-15-29(20(2)17-28)25(30)13-12-21-9-4-3-5-10-21/h3-13,16,18,20H,14-15,17H2,1-2H3. The van der Waals surface area contributed by atoms with Crippen LogP contribution in [-0.4, -0.2) is 46.5 Å². The lowest BCUT2D eigenvalue weighted by Gasteiger charge is -2.40. The molecule has 31 heavy (non-hydrogen) atoms. The lowest BCUT2D eigenvalue weighted by atomic mass is 10.1. The summed E-state index contributed by atoms with van der Waals surface area (Å²) >= 11 is 0. The first-order valence-corrected chi connectivity index (χ1v) is 10.4. The summed E-state index contributed by atoms with van der Waals surface area (Å²) in [4.78, 5) is 25.4. The van der Waals surface area contributed by atoms with E-state index < -0.39 is 0 Å². The van der Waals surface area contributed by atoms with Crippen molar-refractivity contribution in [2.24, 2.45) is 0 Å². The largest absolute Gasteiger partial charge is 0.439 e. The number of carbonyl (C=O) groups excluding carboxylic acids is 1. The maximum Gasteiger partial charge on any atom is 0.246 e. The second kappa shape index (κ2) is 9.43. The van der Waals surface area contributed by atoms with Crippen LogP contribution in [0.15, 0.2) is 73.1 Å². The Morgan fingerprint density at radius 3 is 2.61 bits per heavy atom. The molecular formula is C25H26N4O2. The summed E-state index contributed by atoms with van der Waals surface area (Å²) < 4.78 is 5.95. The third kappa shape index (κ3) is 5.09. The minimum Gasteiger partial charge on any atom is -0.439 e. The van der Waals surface area contributed by atoms with Crippen LogP contribution in [0.2, 0.25) is 0 Å². The van der Waals surface area contributed by atoms with Crippen molar-refractivity contribution in [2.75, 3.05) is 24.5 Å². The van der Waals surface area contributed by atoms with E-state index in [0.717, 1.165) is 22.7 Å². The molecule has 0 bridgehead atoms. The Morgan fingerprint density at radius 1 is 1.06 bits per heavy atom. The number of anilines is 1. The smallest absolute Gasteiger partial charge is 0.246 e. The highest BCUT2D eigenvalue weighted by atomic mass is 16.5. The minimum atomic E-state index is 0.0299. The molecule has 1 atom stereocenters. The second-order valence-electron chi connectivity index (χ2n) is 7.65.